The number of rotatable bonds is 5. The molecule has 3 heteroatoms. The molecule has 0 aromatic rings. The molecule has 2 saturated heterocycles. The molecule has 4 rings (SSSR count). The van der Waals surface area contributed by atoms with Crippen LogP contribution < -0.4 is 5.32 Å². The molecule has 22 heavy (non-hydrogen) atoms. The zero-order valence-electron chi connectivity index (χ0n) is 13.3. The number of epoxide rings is 1. The zero-order chi connectivity index (χ0) is 15.0. The smallest absolute Gasteiger partial charge is 0.171 e. The number of nitrogens with zero attached hydrogens (tertiary/aromatic N) is 1. The van der Waals surface area contributed by atoms with E-state index in [1.165, 1.54) is 62.0 Å². The first-order valence-corrected chi connectivity index (χ1v) is 8.71. The molecule has 0 aromatic carbocycles. The molecule has 0 radical (unpaired) electrons. The van der Waals surface area contributed by atoms with Crippen molar-refractivity contribution in [1.82, 2.24) is 10.2 Å². The monoisotopic (exact) mass is 298 g/mol. The molecule has 2 atom stereocenters. The lowest BCUT2D eigenvalue weighted by molar-refractivity contribution is 0.0886. The van der Waals surface area contributed by atoms with Crippen molar-refractivity contribution in [2.45, 2.75) is 50.3 Å². The Hall–Kier alpha value is -1.32. The molecular weight excluding hydrogens is 272 g/mol. The van der Waals surface area contributed by atoms with Gasteiger partial charge in [0.15, 0.2) is 5.72 Å². The summed E-state index contributed by atoms with van der Waals surface area (Å²) in [7, 11) is 0. The lowest BCUT2D eigenvalue weighted by Crippen LogP contribution is -2.43. The van der Waals surface area contributed by atoms with Crippen molar-refractivity contribution in [3.05, 3.63) is 47.7 Å². The van der Waals surface area contributed by atoms with Crippen molar-refractivity contribution in [1.29, 1.82) is 0 Å². The molecule has 4 aliphatic rings. The third-order valence-corrected chi connectivity index (χ3v) is 5.26. The van der Waals surface area contributed by atoms with Crippen molar-refractivity contribution >= 4 is 0 Å². The normalized spacial score (nSPS) is 34.1. The van der Waals surface area contributed by atoms with Crippen LogP contribution in [0.5, 0.6) is 0 Å². The van der Waals surface area contributed by atoms with Gasteiger partial charge in [0.2, 0.25) is 0 Å². The fourth-order valence-corrected chi connectivity index (χ4v) is 3.71. The van der Waals surface area contributed by atoms with Gasteiger partial charge < -0.3 is 10.1 Å². The van der Waals surface area contributed by atoms with E-state index < -0.39 is 0 Å². The summed E-state index contributed by atoms with van der Waals surface area (Å²) in [6.45, 7) is 7.15. The Labute approximate surface area is 133 Å². The average Bonchev–Trinajstić information content (AvgIpc) is 3.48. The molecule has 1 saturated carbocycles. The van der Waals surface area contributed by atoms with E-state index in [1.54, 1.807) is 0 Å². The summed E-state index contributed by atoms with van der Waals surface area (Å²) in [5.74, 6) is 0. The minimum absolute atomic E-state index is 0.0852. The van der Waals surface area contributed by atoms with Crippen molar-refractivity contribution in [3.8, 4) is 0 Å². The second-order valence-electron chi connectivity index (χ2n) is 6.85. The lowest BCUT2D eigenvalue weighted by atomic mass is 9.95. The van der Waals surface area contributed by atoms with E-state index in [2.05, 4.69) is 35.0 Å². The first-order chi connectivity index (χ1) is 10.8. The van der Waals surface area contributed by atoms with Crippen molar-refractivity contribution in [2.75, 3.05) is 19.7 Å². The molecule has 118 valence electrons. The van der Waals surface area contributed by atoms with E-state index in [9.17, 15) is 0 Å². The maximum absolute atomic E-state index is 5.92. The van der Waals surface area contributed by atoms with Crippen LogP contribution in [0.15, 0.2) is 47.7 Å². The number of nitrogens with one attached hydrogen (secondary N) is 1. The quantitative estimate of drug-likeness (QED) is 0.789. The van der Waals surface area contributed by atoms with Crippen molar-refractivity contribution in [2.24, 2.45) is 0 Å². The maximum atomic E-state index is 5.92. The molecule has 0 amide bonds. The first-order valence-electron chi connectivity index (χ1n) is 8.71. The Bertz CT molecular complexity index is 542. The van der Waals surface area contributed by atoms with E-state index in [4.69, 9.17) is 4.74 Å². The van der Waals surface area contributed by atoms with Crippen LogP contribution in [-0.2, 0) is 4.74 Å². The number of piperidine rings is 1. The third kappa shape index (κ3) is 2.68. The van der Waals surface area contributed by atoms with E-state index in [0.29, 0.717) is 6.04 Å². The molecule has 3 fully saturated rings. The van der Waals surface area contributed by atoms with E-state index >= 15 is 0 Å². The van der Waals surface area contributed by atoms with Crippen LogP contribution in [0.4, 0.5) is 0 Å². The van der Waals surface area contributed by atoms with Crippen LogP contribution in [0.2, 0.25) is 0 Å². The Morgan fingerprint density at radius 1 is 1.32 bits per heavy atom. The summed E-state index contributed by atoms with van der Waals surface area (Å²) in [5.41, 5.74) is 4.05. The van der Waals surface area contributed by atoms with Gasteiger partial charge in [-0.1, -0.05) is 31.2 Å². The Balaban J connectivity index is 1.40. The Kier molecular flexibility index (Phi) is 3.71. The molecule has 0 bridgehead atoms. The molecule has 3 nitrogen and oxygen atoms in total. The second kappa shape index (κ2) is 5.71. The third-order valence-electron chi connectivity index (χ3n) is 5.26. The predicted octanol–water partition coefficient (Wildman–Crippen LogP) is 3.28. The summed E-state index contributed by atoms with van der Waals surface area (Å²) >= 11 is 0. The van der Waals surface area contributed by atoms with Gasteiger partial charge in [-0.15, -0.1) is 0 Å². The number of ether oxygens (including phenoxy) is 1. The highest BCUT2D eigenvalue weighted by atomic mass is 16.6. The van der Waals surface area contributed by atoms with Crippen LogP contribution in [-0.4, -0.2) is 36.4 Å². The summed E-state index contributed by atoms with van der Waals surface area (Å²) in [4.78, 5) is 2.54. The fraction of sp³-hybridized carbons (Fsp3) is 0.579. The minimum Gasteiger partial charge on any atom is -0.379 e. The highest BCUT2D eigenvalue weighted by Gasteiger charge is 2.52. The average molecular weight is 298 g/mol. The van der Waals surface area contributed by atoms with Crippen molar-refractivity contribution < 1.29 is 4.74 Å². The summed E-state index contributed by atoms with van der Waals surface area (Å²) in [6.07, 6.45) is 16.4. The van der Waals surface area contributed by atoms with Crippen LogP contribution >= 0.6 is 0 Å². The van der Waals surface area contributed by atoms with Crippen LogP contribution in [0.3, 0.4) is 0 Å². The van der Waals surface area contributed by atoms with Gasteiger partial charge in [-0.25, -0.2) is 0 Å². The van der Waals surface area contributed by atoms with Gasteiger partial charge in [-0.05, 0) is 49.3 Å². The Morgan fingerprint density at radius 2 is 2.09 bits per heavy atom. The molecule has 0 spiro atoms. The van der Waals surface area contributed by atoms with E-state index in [1.807, 2.05) is 6.08 Å². The molecule has 2 aliphatic carbocycles. The molecule has 2 aliphatic heterocycles. The summed E-state index contributed by atoms with van der Waals surface area (Å²) < 4.78 is 5.92. The second-order valence-corrected chi connectivity index (χ2v) is 6.85. The maximum Gasteiger partial charge on any atom is 0.171 e. The first kappa shape index (κ1) is 14.3. The van der Waals surface area contributed by atoms with Crippen LogP contribution in [0.25, 0.3) is 0 Å². The van der Waals surface area contributed by atoms with Gasteiger partial charge in [-0.3, -0.25) is 4.90 Å². The molecule has 2 unspecified atom stereocenters. The molecule has 0 aromatic heterocycles. The highest BCUT2D eigenvalue weighted by Crippen LogP contribution is 2.42. The number of allylic oxidation sites excluding steroid dienone is 2. The topological polar surface area (TPSA) is 27.8 Å². The number of hydrogen-bond donors (Lipinski definition) is 1. The van der Waals surface area contributed by atoms with E-state index in [0.717, 1.165) is 13.0 Å². The fourth-order valence-electron chi connectivity index (χ4n) is 3.71. The number of likely N-dealkylation sites (tertiary alicyclic amines) is 1. The molecule has 1 N–H and O–H groups in total. The van der Waals surface area contributed by atoms with Gasteiger partial charge in [0.05, 0.1) is 6.61 Å². The van der Waals surface area contributed by atoms with Gasteiger partial charge in [-0.2, -0.15) is 0 Å². The van der Waals surface area contributed by atoms with Gasteiger partial charge in [0.1, 0.15) is 0 Å². The minimum atomic E-state index is -0.0852. The zero-order valence-corrected chi connectivity index (χ0v) is 13.3. The number of hydrogen-bond acceptors (Lipinski definition) is 3. The standard InChI is InChI=1S/C19H26N2O/c1-2-18(15-6-7-15)20-17-10-8-16(9-11-17)19(14-22-19)21-12-4-3-5-13-21/h2,8-10,17,20H,1,3-7,11-14H2. The van der Waals surface area contributed by atoms with Crippen molar-refractivity contribution in [3.63, 3.8) is 0 Å². The van der Waals surface area contributed by atoms with Gasteiger partial charge in [0.25, 0.3) is 0 Å². The largest absolute Gasteiger partial charge is 0.379 e. The van der Waals surface area contributed by atoms with E-state index in [-0.39, 0.29) is 5.72 Å². The summed E-state index contributed by atoms with van der Waals surface area (Å²) in [6, 6.07) is 0.391. The molecule has 2 heterocycles. The van der Waals surface area contributed by atoms with Crippen LogP contribution in [0, 0.1) is 0 Å². The Morgan fingerprint density at radius 3 is 2.64 bits per heavy atom. The predicted molar refractivity (Wildman–Crippen MR) is 89.3 cm³/mol. The van der Waals surface area contributed by atoms with Crippen LogP contribution in [0.1, 0.15) is 38.5 Å². The van der Waals surface area contributed by atoms with Gasteiger partial charge >= 0.3 is 0 Å². The highest BCUT2D eigenvalue weighted by molar-refractivity contribution is 5.38. The lowest BCUT2D eigenvalue weighted by Gasteiger charge is -2.34. The SMILES string of the molecule is C=CC(NC1C=CC(C2(N3CCCCC3)CO2)=CC1)=C1CC1. The summed E-state index contributed by atoms with van der Waals surface area (Å²) in [5, 5.41) is 3.62. The van der Waals surface area contributed by atoms with Gasteiger partial charge in [0, 0.05) is 24.8 Å². The molecular formula is C19H26N2O.